The molecule has 0 aliphatic rings. The van der Waals surface area contributed by atoms with Crippen molar-refractivity contribution >= 4 is 5.91 Å². The van der Waals surface area contributed by atoms with Crippen LogP contribution in [0.1, 0.15) is 16.1 Å². The van der Waals surface area contributed by atoms with E-state index in [0.29, 0.717) is 5.56 Å². The molecule has 0 radical (unpaired) electrons. The van der Waals surface area contributed by atoms with Crippen molar-refractivity contribution in [3.05, 3.63) is 29.3 Å². The van der Waals surface area contributed by atoms with Crippen LogP contribution < -0.4 is 5.73 Å². The zero-order chi connectivity index (χ0) is 8.43. The molecule has 1 aromatic rings. The summed E-state index contributed by atoms with van der Waals surface area (Å²) in [6.07, 6.45) is 1.35. The van der Waals surface area contributed by atoms with Crippen molar-refractivity contribution in [1.29, 1.82) is 0 Å². The number of nitrogens with zero attached hydrogens (tertiary/aromatic N) is 1. The van der Waals surface area contributed by atoms with Gasteiger partial charge in [-0.3, -0.25) is 4.79 Å². The normalized spacial score (nSPS) is 9.64. The minimum Gasteiger partial charge on any atom is -0.364 e. The number of nitrogens with two attached hydrogens (primary N) is 1. The molecule has 0 aliphatic heterocycles. The molecular weight excluding hydrogens is 147 g/mol. The molecule has 58 valence electrons. The highest BCUT2D eigenvalue weighted by molar-refractivity contribution is 5.91. The van der Waals surface area contributed by atoms with Gasteiger partial charge >= 0.3 is 0 Å². The van der Waals surface area contributed by atoms with Crippen molar-refractivity contribution in [1.82, 2.24) is 4.98 Å². The molecule has 0 fully saturated rings. The fourth-order valence-corrected chi connectivity index (χ4v) is 0.712. The van der Waals surface area contributed by atoms with Crippen LogP contribution in [-0.2, 0) is 0 Å². The summed E-state index contributed by atoms with van der Waals surface area (Å²) in [7, 11) is 0. The first-order valence-electron chi connectivity index (χ1n) is 3.04. The van der Waals surface area contributed by atoms with E-state index in [1.54, 1.807) is 6.92 Å². The third kappa shape index (κ3) is 1.34. The lowest BCUT2D eigenvalue weighted by atomic mass is 10.2. The van der Waals surface area contributed by atoms with Crippen LogP contribution in [-0.4, -0.2) is 10.9 Å². The minimum atomic E-state index is -0.841. The Balaban J connectivity index is 3.27. The van der Waals surface area contributed by atoms with Gasteiger partial charge in [-0.1, -0.05) is 0 Å². The highest BCUT2D eigenvalue weighted by atomic mass is 19.1. The summed E-state index contributed by atoms with van der Waals surface area (Å²) in [4.78, 5) is 14.0. The van der Waals surface area contributed by atoms with Crippen molar-refractivity contribution in [3.63, 3.8) is 0 Å². The highest BCUT2D eigenvalue weighted by Gasteiger charge is 2.10. The highest BCUT2D eigenvalue weighted by Crippen LogP contribution is 2.07. The molecule has 0 spiro atoms. The number of aryl methyl sites for hydroxylation is 1. The number of hydrogen-bond acceptors (Lipinski definition) is 2. The van der Waals surface area contributed by atoms with Gasteiger partial charge in [0.2, 0.25) is 0 Å². The molecular formula is C7H7FN2O. The first kappa shape index (κ1) is 7.65. The molecule has 0 aromatic carbocycles. The second kappa shape index (κ2) is 2.65. The van der Waals surface area contributed by atoms with Gasteiger partial charge in [-0.25, -0.2) is 9.37 Å². The Morgan fingerprint density at radius 3 is 2.82 bits per heavy atom. The van der Waals surface area contributed by atoms with Crippen LogP contribution in [0.4, 0.5) is 4.39 Å². The third-order valence-corrected chi connectivity index (χ3v) is 1.32. The molecule has 0 saturated carbocycles. The first-order valence-corrected chi connectivity index (χ1v) is 3.04. The van der Waals surface area contributed by atoms with Gasteiger partial charge in [-0.2, -0.15) is 0 Å². The molecule has 3 nitrogen and oxygen atoms in total. The van der Waals surface area contributed by atoms with E-state index in [9.17, 15) is 9.18 Å². The summed E-state index contributed by atoms with van der Waals surface area (Å²) in [5.74, 6) is -1.48. The Kier molecular flexibility index (Phi) is 1.85. The van der Waals surface area contributed by atoms with Crippen molar-refractivity contribution in [2.24, 2.45) is 5.73 Å². The maximum Gasteiger partial charge on any atom is 0.270 e. The summed E-state index contributed by atoms with van der Waals surface area (Å²) >= 11 is 0. The van der Waals surface area contributed by atoms with Crippen molar-refractivity contribution < 1.29 is 9.18 Å². The molecule has 0 unspecified atom stereocenters. The standard InChI is InChI=1S/C7H7FN2O/c1-4-2-3-10-6(5(4)8)7(9)11/h2-3H,1H3,(H2,9,11). The van der Waals surface area contributed by atoms with Crippen molar-refractivity contribution in [3.8, 4) is 0 Å². The Labute approximate surface area is 63.0 Å². The van der Waals surface area contributed by atoms with E-state index in [2.05, 4.69) is 4.98 Å². The zero-order valence-electron chi connectivity index (χ0n) is 5.97. The topological polar surface area (TPSA) is 56.0 Å². The first-order chi connectivity index (χ1) is 5.13. The predicted molar refractivity (Wildman–Crippen MR) is 37.4 cm³/mol. The van der Waals surface area contributed by atoms with Crippen LogP contribution in [0.5, 0.6) is 0 Å². The summed E-state index contributed by atoms with van der Waals surface area (Å²) in [5.41, 5.74) is 4.91. The maximum atomic E-state index is 12.9. The quantitative estimate of drug-likeness (QED) is 0.644. The molecule has 11 heavy (non-hydrogen) atoms. The number of pyridine rings is 1. The lowest BCUT2D eigenvalue weighted by Gasteiger charge is -1.98. The van der Waals surface area contributed by atoms with Gasteiger partial charge in [0.25, 0.3) is 5.91 Å². The van der Waals surface area contributed by atoms with Gasteiger partial charge in [0.05, 0.1) is 0 Å². The second-order valence-corrected chi connectivity index (χ2v) is 2.15. The number of carbonyl (C=O) groups excluding carboxylic acids is 1. The summed E-state index contributed by atoms with van der Waals surface area (Å²) in [6.45, 7) is 1.55. The Morgan fingerprint density at radius 2 is 2.36 bits per heavy atom. The summed E-state index contributed by atoms with van der Waals surface area (Å²) in [6, 6.07) is 1.47. The molecule has 1 aromatic heterocycles. The predicted octanol–water partition coefficient (Wildman–Crippen LogP) is 0.628. The van der Waals surface area contributed by atoms with Crippen molar-refractivity contribution in [2.75, 3.05) is 0 Å². The molecule has 1 heterocycles. The fourth-order valence-electron chi connectivity index (χ4n) is 0.712. The minimum absolute atomic E-state index is 0.301. The molecule has 1 amide bonds. The SMILES string of the molecule is Cc1ccnc(C(N)=O)c1F. The average Bonchev–Trinajstić information content (AvgIpc) is 1.94. The van der Waals surface area contributed by atoms with Crippen LogP contribution in [0.15, 0.2) is 12.3 Å². The molecule has 0 atom stereocenters. The van der Waals surface area contributed by atoms with Gasteiger partial charge in [0, 0.05) is 6.20 Å². The number of primary amides is 1. The number of hydrogen-bond donors (Lipinski definition) is 1. The summed E-state index contributed by atoms with van der Waals surface area (Å²) in [5, 5.41) is 0. The van der Waals surface area contributed by atoms with Gasteiger partial charge in [-0.15, -0.1) is 0 Å². The van der Waals surface area contributed by atoms with E-state index in [1.165, 1.54) is 12.3 Å². The fraction of sp³-hybridized carbons (Fsp3) is 0.143. The molecule has 0 bridgehead atoms. The number of halogens is 1. The van der Waals surface area contributed by atoms with Gasteiger partial charge in [0.1, 0.15) is 0 Å². The Morgan fingerprint density at radius 1 is 1.73 bits per heavy atom. The van der Waals surface area contributed by atoms with E-state index < -0.39 is 11.7 Å². The smallest absolute Gasteiger partial charge is 0.270 e. The number of carbonyl (C=O) groups is 1. The molecule has 4 heteroatoms. The van der Waals surface area contributed by atoms with Crippen LogP contribution in [0.3, 0.4) is 0 Å². The second-order valence-electron chi connectivity index (χ2n) is 2.15. The molecule has 0 aliphatic carbocycles. The monoisotopic (exact) mass is 154 g/mol. The van der Waals surface area contributed by atoms with Crippen LogP contribution in [0, 0.1) is 12.7 Å². The largest absolute Gasteiger partial charge is 0.364 e. The number of aromatic nitrogens is 1. The zero-order valence-corrected chi connectivity index (χ0v) is 5.97. The van der Waals surface area contributed by atoms with E-state index in [-0.39, 0.29) is 5.69 Å². The van der Waals surface area contributed by atoms with Gasteiger partial charge in [-0.05, 0) is 18.6 Å². The van der Waals surface area contributed by atoms with E-state index in [0.717, 1.165) is 0 Å². The number of rotatable bonds is 1. The van der Waals surface area contributed by atoms with Crippen LogP contribution in [0.2, 0.25) is 0 Å². The van der Waals surface area contributed by atoms with Crippen molar-refractivity contribution in [2.45, 2.75) is 6.92 Å². The molecule has 2 N–H and O–H groups in total. The number of amides is 1. The Bertz CT molecular complexity index is 298. The van der Waals surface area contributed by atoms with Crippen LogP contribution >= 0.6 is 0 Å². The average molecular weight is 154 g/mol. The Hall–Kier alpha value is -1.45. The summed E-state index contributed by atoms with van der Waals surface area (Å²) < 4.78 is 12.9. The lowest BCUT2D eigenvalue weighted by molar-refractivity contribution is 0.0991. The van der Waals surface area contributed by atoms with Gasteiger partial charge in [0.15, 0.2) is 11.5 Å². The van der Waals surface area contributed by atoms with Gasteiger partial charge < -0.3 is 5.73 Å². The van der Waals surface area contributed by atoms with E-state index in [4.69, 9.17) is 5.73 Å². The third-order valence-electron chi connectivity index (χ3n) is 1.32. The molecule has 1 rings (SSSR count). The van der Waals surface area contributed by atoms with E-state index in [1.807, 2.05) is 0 Å². The van der Waals surface area contributed by atoms with E-state index >= 15 is 0 Å². The lowest BCUT2D eigenvalue weighted by Crippen LogP contribution is -2.15. The molecule has 0 saturated heterocycles. The van der Waals surface area contributed by atoms with Crippen LogP contribution in [0.25, 0.3) is 0 Å². The maximum absolute atomic E-state index is 12.9.